The Kier molecular flexibility index (Phi) is 4.08. The summed E-state index contributed by atoms with van der Waals surface area (Å²) in [6, 6.07) is 7.72. The van der Waals surface area contributed by atoms with Crippen molar-refractivity contribution in [2.45, 2.75) is 6.29 Å². The Hall–Kier alpha value is -1.44. The lowest BCUT2D eigenvalue weighted by Gasteiger charge is -2.24. The summed E-state index contributed by atoms with van der Waals surface area (Å²) in [7, 11) is 0. The molecular weight excluding hydrogens is 286 g/mol. The molecule has 1 atom stereocenters. The van der Waals surface area contributed by atoms with Crippen molar-refractivity contribution in [1.82, 2.24) is 21.6 Å². The molecule has 17 heavy (non-hydrogen) atoms. The van der Waals surface area contributed by atoms with Gasteiger partial charge in [0.1, 0.15) is 0 Å². The standard InChI is InChI=1S/C10H12BrN5O/c11-8-4-2-1-3-7(8)5-12-15-10-14-9(17)6-13-16-10/h1-5,10,13,15-16H,6H2,(H,14,17)/b12-5+. The van der Waals surface area contributed by atoms with E-state index in [0.717, 1.165) is 10.0 Å². The molecule has 0 spiro atoms. The smallest absolute Gasteiger partial charge is 0.238 e. The molecule has 0 aromatic heterocycles. The first-order valence-corrected chi connectivity index (χ1v) is 5.86. The number of carbonyl (C=O) groups excluding carboxylic acids is 1. The molecule has 1 unspecified atom stereocenters. The van der Waals surface area contributed by atoms with Gasteiger partial charge in [0.05, 0.1) is 12.8 Å². The number of benzene rings is 1. The van der Waals surface area contributed by atoms with Crippen LogP contribution in [0.3, 0.4) is 0 Å². The van der Waals surface area contributed by atoms with E-state index >= 15 is 0 Å². The van der Waals surface area contributed by atoms with Crippen molar-refractivity contribution in [1.29, 1.82) is 0 Å². The Balaban J connectivity index is 1.89. The molecule has 1 amide bonds. The topological polar surface area (TPSA) is 77.6 Å². The molecule has 90 valence electrons. The minimum Gasteiger partial charge on any atom is -0.320 e. The van der Waals surface area contributed by atoms with Crippen LogP contribution in [0.15, 0.2) is 33.8 Å². The molecule has 0 aliphatic carbocycles. The van der Waals surface area contributed by atoms with Gasteiger partial charge in [-0.2, -0.15) is 5.10 Å². The maximum atomic E-state index is 11.0. The first-order valence-electron chi connectivity index (χ1n) is 5.06. The van der Waals surface area contributed by atoms with Crippen LogP contribution in [0.1, 0.15) is 5.56 Å². The second-order valence-electron chi connectivity index (χ2n) is 3.41. The van der Waals surface area contributed by atoms with Crippen LogP contribution in [0.4, 0.5) is 0 Å². The maximum Gasteiger partial charge on any atom is 0.238 e. The van der Waals surface area contributed by atoms with Crippen molar-refractivity contribution in [3.8, 4) is 0 Å². The molecule has 4 N–H and O–H groups in total. The van der Waals surface area contributed by atoms with E-state index in [1.807, 2.05) is 24.3 Å². The first-order chi connectivity index (χ1) is 8.25. The SMILES string of the molecule is O=C1CNNC(N/N=C/c2ccccc2Br)N1. The van der Waals surface area contributed by atoms with Gasteiger partial charge in [-0.15, -0.1) is 0 Å². The molecule has 0 bridgehead atoms. The van der Waals surface area contributed by atoms with Gasteiger partial charge < -0.3 is 5.32 Å². The van der Waals surface area contributed by atoms with Crippen LogP contribution in [-0.2, 0) is 4.79 Å². The summed E-state index contributed by atoms with van der Waals surface area (Å²) in [5.74, 6) is -0.0858. The van der Waals surface area contributed by atoms with Gasteiger partial charge in [-0.05, 0) is 6.07 Å². The van der Waals surface area contributed by atoms with Crippen LogP contribution in [0.25, 0.3) is 0 Å². The number of nitrogens with zero attached hydrogens (tertiary/aromatic N) is 1. The van der Waals surface area contributed by atoms with Gasteiger partial charge in [0.25, 0.3) is 0 Å². The van der Waals surface area contributed by atoms with Crippen LogP contribution in [0, 0.1) is 0 Å². The molecule has 0 radical (unpaired) electrons. The largest absolute Gasteiger partial charge is 0.320 e. The monoisotopic (exact) mass is 297 g/mol. The predicted molar refractivity (Wildman–Crippen MR) is 67.9 cm³/mol. The van der Waals surface area contributed by atoms with E-state index in [0.29, 0.717) is 0 Å². The van der Waals surface area contributed by atoms with Crippen LogP contribution >= 0.6 is 15.9 Å². The molecule has 7 heteroatoms. The second kappa shape index (κ2) is 5.76. The number of hydrazone groups is 1. The molecule has 2 rings (SSSR count). The number of hydrogen-bond acceptors (Lipinski definition) is 5. The van der Waals surface area contributed by atoms with Crippen molar-refractivity contribution in [2.75, 3.05) is 6.54 Å². The highest BCUT2D eigenvalue weighted by Gasteiger charge is 2.14. The van der Waals surface area contributed by atoms with Crippen LogP contribution in [0.2, 0.25) is 0 Å². The van der Waals surface area contributed by atoms with Crippen LogP contribution in [0.5, 0.6) is 0 Å². The molecule has 1 aliphatic rings. The zero-order valence-electron chi connectivity index (χ0n) is 8.90. The lowest BCUT2D eigenvalue weighted by molar-refractivity contribution is -0.123. The highest BCUT2D eigenvalue weighted by atomic mass is 79.9. The van der Waals surface area contributed by atoms with Gasteiger partial charge in [0.2, 0.25) is 5.91 Å². The fraction of sp³-hybridized carbons (Fsp3) is 0.200. The van der Waals surface area contributed by atoms with E-state index in [9.17, 15) is 4.79 Å². The Morgan fingerprint density at radius 2 is 2.29 bits per heavy atom. The van der Waals surface area contributed by atoms with E-state index < -0.39 is 6.29 Å². The number of rotatable bonds is 3. The Bertz CT molecular complexity index is 436. The minimum absolute atomic E-state index is 0.0858. The van der Waals surface area contributed by atoms with E-state index in [-0.39, 0.29) is 12.5 Å². The molecule has 1 aromatic rings. The van der Waals surface area contributed by atoms with Crippen molar-refractivity contribution in [3.63, 3.8) is 0 Å². The Morgan fingerprint density at radius 3 is 3.06 bits per heavy atom. The number of halogens is 1. The summed E-state index contributed by atoms with van der Waals surface area (Å²) in [5, 5.41) is 6.71. The third-order valence-electron chi connectivity index (χ3n) is 2.11. The lowest BCUT2D eigenvalue weighted by Crippen LogP contribution is -2.64. The van der Waals surface area contributed by atoms with Gasteiger partial charge in [0.15, 0.2) is 6.29 Å². The minimum atomic E-state index is -0.407. The highest BCUT2D eigenvalue weighted by molar-refractivity contribution is 9.10. The normalized spacial score (nSPS) is 20.3. The van der Waals surface area contributed by atoms with Crippen LogP contribution in [-0.4, -0.2) is 25.0 Å². The summed E-state index contributed by atoms with van der Waals surface area (Å²) < 4.78 is 0.962. The number of carbonyl (C=O) groups is 1. The molecule has 6 nitrogen and oxygen atoms in total. The van der Waals surface area contributed by atoms with Crippen molar-refractivity contribution < 1.29 is 4.79 Å². The molecule has 1 aromatic carbocycles. The Labute approximate surface area is 107 Å². The molecule has 0 saturated carbocycles. The van der Waals surface area contributed by atoms with E-state index in [2.05, 4.69) is 42.6 Å². The number of hydrazine groups is 1. The molecule has 1 fully saturated rings. The van der Waals surface area contributed by atoms with Gasteiger partial charge in [-0.25, -0.2) is 10.9 Å². The Morgan fingerprint density at radius 1 is 1.47 bits per heavy atom. The van der Waals surface area contributed by atoms with E-state index in [1.165, 1.54) is 0 Å². The molecule has 1 saturated heterocycles. The zero-order valence-corrected chi connectivity index (χ0v) is 10.5. The first kappa shape index (κ1) is 12.0. The summed E-state index contributed by atoms with van der Waals surface area (Å²) in [5.41, 5.74) is 9.29. The molecule has 1 heterocycles. The van der Waals surface area contributed by atoms with Gasteiger partial charge >= 0.3 is 0 Å². The predicted octanol–water partition coefficient (Wildman–Crippen LogP) is -0.120. The molecular formula is C10H12BrN5O. The van der Waals surface area contributed by atoms with Crippen molar-refractivity contribution in [2.24, 2.45) is 5.10 Å². The number of amides is 1. The fourth-order valence-electron chi connectivity index (χ4n) is 1.31. The van der Waals surface area contributed by atoms with Crippen molar-refractivity contribution >= 4 is 28.1 Å². The van der Waals surface area contributed by atoms with Crippen molar-refractivity contribution in [3.05, 3.63) is 34.3 Å². The zero-order chi connectivity index (χ0) is 12.1. The summed E-state index contributed by atoms with van der Waals surface area (Å²) in [4.78, 5) is 11.0. The van der Waals surface area contributed by atoms with Gasteiger partial charge in [-0.1, -0.05) is 34.1 Å². The quantitative estimate of drug-likeness (QED) is 0.463. The third kappa shape index (κ3) is 3.52. The summed E-state index contributed by atoms with van der Waals surface area (Å²) >= 11 is 3.42. The number of nitrogens with one attached hydrogen (secondary N) is 4. The third-order valence-corrected chi connectivity index (χ3v) is 2.84. The highest BCUT2D eigenvalue weighted by Crippen LogP contribution is 2.13. The average Bonchev–Trinajstić information content (AvgIpc) is 2.32. The van der Waals surface area contributed by atoms with E-state index in [4.69, 9.17) is 0 Å². The van der Waals surface area contributed by atoms with E-state index in [1.54, 1.807) is 6.21 Å². The lowest BCUT2D eigenvalue weighted by atomic mass is 10.2. The number of hydrogen-bond donors (Lipinski definition) is 4. The second-order valence-corrected chi connectivity index (χ2v) is 4.26. The summed E-state index contributed by atoms with van der Waals surface area (Å²) in [6.07, 6.45) is 1.27. The fourth-order valence-corrected chi connectivity index (χ4v) is 1.69. The van der Waals surface area contributed by atoms with Gasteiger partial charge in [-0.3, -0.25) is 10.2 Å². The van der Waals surface area contributed by atoms with Gasteiger partial charge in [0, 0.05) is 10.0 Å². The summed E-state index contributed by atoms with van der Waals surface area (Å²) in [6.45, 7) is 0.256. The molecule has 1 aliphatic heterocycles. The van der Waals surface area contributed by atoms with Crippen LogP contribution < -0.4 is 21.6 Å². The average molecular weight is 298 g/mol. The maximum absolute atomic E-state index is 11.0.